The Morgan fingerprint density at radius 2 is 1.45 bits per heavy atom. The number of methoxy groups -OCH3 is 1. The first kappa shape index (κ1) is 47.2. The molecule has 3 N–H and O–H groups in total. The van der Waals surface area contributed by atoms with Gasteiger partial charge in [0.2, 0.25) is 0 Å². The van der Waals surface area contributed by atoms with Gasteiger partial charge in [0.15, 0.2) is 23.6 Å². The monoisotopic (exact) mass is 897 g/mol. The van der Waals surface area contributed by atoms with Crippen LogP contribution in [-0.4, -0.2) is 114 Å². The summed E-state index contributed by atoms with van der Waals surface area (Å²) in [6.45, 7) is 7.98. The zero-order valence-corrected chi connectivity index (χ0v) is 37.3. The molecule has 1 heterocycles. The molecular weight excluding hydrogens is 843 g/mol. The van der Waals surface area contributed by atoms with Crippen LogP contribution in [-0.2, 0) is 52.3 Å². The predicted molar refractivity (Wildman–Crippen MR) is 228 cm³/mol. The zero-order chi connectivity index (χ0) is 47.1. The normalized spacial score (nSPS) is 30.9. The third-order valence-electron chi connectivity index (χ3n) is 13.8. The van der Waals surface area contributed by atoms with Gasteiger partial charge in [-0.25, -0.2) is 9.59 Å². The Labute approximate surface area is 376 Å². The van der Waals surface area contributed by atoms with Gasteiger partial charge in [-0.1, -0.05) is 80.6 Å². The molecule has 0 radical (unpaired) electrons. The van der Waals surface area contributed by atoms with Crippen molar-refractivity contribution in [2.24, 2.45) is 16.7 Å². The minimum absolute atomic E-state index is 0.0249. The predicted octanol–water partition coefficient (Wildman–Crippen LogP) is 4.36. The number of ether oxygens (including phenoxy) is 7. The second kappa shape index (κ2) is 18.2. The molecule has 3 aliphatic carbocycles. The molecule has 16 heteroatoms. The van der Waals surface area contributed by atoms with E-state index in [1.807, 2.05) is 0 Å². The maximum Gasteiger partial charge on any atom is 0.338 e. The second-order valence-electron chi connectivity index (χ2n) is 17.9. The van der Waals surface area contributed by atoms with Crippen molar-refractivity contribution in [3.05, 3.63) is 119 Å². The third kappa shape index (κ3) is 8.26. The highest BCUT2D eigenvalue weighted by Gasteiger charge is 2.78. The molecule has 0 aromatic heterocycles. The number of benzene rings is 3. The van der Waals surface area contributed by atoms with E-state index in [4.69, 9.17) is 33.2 Å². The number of fused-ring (bicyclic) bond motifs is 5. The number of rotatable bonds is 13. The average molecular weight is 898 g/mol. The molecule has 3 fully saturated rings. The molecule has 1 amide bonds. The molecule has 2 bridgehead atoms. The van der Waals surface area contributed by atoms with E-state index in [9.17, 15) is 34.2 Å². The van der Waals surface area contributed by atoms with Gasteiger partial charge in [-0.2, -0.15) is 0 Å². The molecule has 0 spiro atoms. The number of aliphatic hydroxyl groups excluding tert-OH is 1. The highest BCUT2D eigenvalue weighted by atomic mass is 16.7. The van der Waals surface area contributed by atoms with Crippen molar-refractivity contribution in [3.63, 3.8) is 0 Å². The first-order valence-electron chi connectivity index (χ1n) is 21.4. The lowest BCUT2D eigenvalue weighted by Crippen LogP contribution is -2.82. The van der Waals surface area contributed by atoms with Crippen molar-refractivity contribution in [3.8, 4) is 0 Å². The lowest BCUT2D eigenvalue weighted by Gasteiger charge is -2.67. The summed E-state index contributed by atoms with van der Waals surface area (Å²) in [6, 6.07) is 23.1. The van der Waals surface area contributed by atoms with Gasteiger partial charge in [0, 0.05) is 44.8 Å². The van der Waals surface area contributed by atoms with Gasteiger partial charge in [0.05, 0.1) is 35.6 Å². The molecule has 3 aromatic rings. The van der Waals surface area contributed by atoms with Gasteiger partial charge in [0.25, 0.3) is 5.91 Å². The summed E-state index contributed by atoms with van der Waals surface area (Å²) in [5.74, 6) is -6.56. The topological polar surface area (TPSA) is 220 Å². The van der Waals surface area contributed by atoms with Crippen molar-refractivity contribution in [2.75, 3.05) is 20.5 Å². The Morgan fingerprint density at radius 3 is 2.00 bits per heavy atom. The molecule has 2 saturated carbocycles. The highest BCUT2D eigenvalue weighted by molar-refractivity contribution is 5.96. The number of hydrogen-bond donors (Lipinski definition) is 3. The van der Waals surface area contributed by atoms with E-state index in [1.54, 1.807) is 99.6 Å². The molecule has 65 heavy (non-hydrogen) atoms. The fraction of sp³-hybridized carbons (Fsp3) is 0.469. The summed E-state index contributed by atoms with van der Waals surface area (Å²) in [6.07, 6.45) is -9.69. The lowest BCUT2D eigenvalue weighted by molar-refractivity contribution is -0.351. The van der Waals surface area contributed by atoms with Crippen LogP contribution < -0.4 is 5.32 Å². The van der Waals surface area contributed by atoms with Gasteiger partial charge in [-0.3, -0.25) is 19.2 Å². The number of Topliss-reactive ketones (excluding diaryl/α,β-unsaturated/α-hetero) is 1. The first-order chi connectivity index (χ1) is 30.8. The SMILES string of the molecule is COCO[C@H]1C[C@H]2OC[C@@]2(OC(C)=O)C2C(OC(=O)c3ccccc3)[C@]3(O)C[C@H](OC(=O)[C@H](O)[C@@H](NC(=O)c4ccccc4)c4ccccc4)C(C)=C([C@@H](OC(C)=O)C(=O)[C@@]21C)C3(C)C. The van der Waals surface area contributed by atoms with E-state index >= 15 is 4.79 Å². The van der Waals surface area contributed by atoms with Gasteiger partial charge in [-0.15, -0.1) is 0 Å². The van der Waals surface area contributed by atoms with Crippen LogP contribution in [0.2, 0.25) is 0 Å². The fourth-order valence-corrected chi connectivity index (χ4v) is 10.6. The number of carbonyl (C=O) groups excluding carboxylic acids is 6. The number of amides is 1. The second-order valence-corrected chi connectivity index (χ2v) is 17.9. The summed E-state index contributed by atoms with van der Waals surface area (Å²) in [5.41, 5.74) is -6.70. The van der Waals surface area contributed by atoms with Crippen LogP contribution in [0.4, 0.5) is 0 Å². The molecule has 4 aliphatic rings. The van der Waals surface area contributed by atoms with Crippen molar-refractivity contribution < 1.29 is 72.1 Å². The standard InChI is InChI=1S/C49H55NO15/c1-27-33(63-45(57)38(53)37(30-17-11-8-12-18-30)50-43(55)31-19-13-9-14-20-31)24-49(58)42(64-44(56)32-21-15-10-16-22-32)40-47(6,41(54)39(62-28(2)51)36(27)46(49,4)5)34(61-26-59-7)23-35-48(40,25-60-35)65-29(3)52/h8-22,33-35,37-40,42,53,58H,23-26H2,1-7H3,(H,50,55)/t33-,34-,35+,37-,38+,39+,40?,42?,47+,48-,49+/m0/s1. The summed E-state index contributed by atoms with van der Waals surface area (Å²) >= 11 is 0. The van der Waals surface area contributed by atoms with Crippen molar-refractivity contribution in [2.45, 2.75) is 108 Å². The van der Waals surface area contributed by atoms with E-state index in [1.165, 1.54) is 33.1 Å². The Kier molecular flexibility index (Phi) is 13.2. The third-order valence-corrected chi connectivity index (χ3v) is 13.8. The number of esters is 4. The van der Waals surface area contributed by atoms with Crippen LogP contribution in [0, 0.1) is 16.7 Å². The Morgan fingerprint density at radius 1 is 0.846 bits per heavy atom. The molecule has 1 saturated heterocycles. The number of nitrogens with one attached hydrogen (secondary N) is 1. The van der Waals surface area contributed by atoms with Gasteiger partial charge in [-0.05, 0) is 54.8 Å². The van der Waals surface area contributed by atoms with Crippen molar-refractivity contribution >= 4 is 35.6 Å². The molecule has 16 nitrogen and oxygen atoms in total. The average Bonchev–Trinajstić information content (AvgIpc) is 3.27. The first-order valence-corrected chi connectivity index (χ1v) is 21.4. The van der Waals surface area contributed by atoms with Gasteiger partial charge < -0.3 is 48.7 Å². The quantitative estimate of drug-likeness (QED) is 0.0940. The van der Waals surface area contributed by atoms with Crippen molar-refractivity contribution in [1.82, 2.24) is 5.32 Å². The maximum atomic E-state index is 15.9. The lowest BCUT2D eigenvalue weighted by atomic mass is 9.44. The van der Waals surface area contributed by atoms with E-state index < -0.39 is 113 Å². The molecular formula is C49H55NO15. The van der Waals surface area contributed by atoms with E-state index in [-0.39, 0.29) is 42.1 Å². The molecule has 3 aromatic carbocycles. The summed E-state index contributed by atoms with van der Waals surface area (Å²) in [7, 11) is 1.39. The van der Waals surface area contributed by atoms with Crippen LogP contribution >= 0.6 is 0 Å². The van der Waals surface area contributed by atoms with Crippen LogP contribution in [0.1, 0.15) is 86.7 Å². The van der Waals surface area contributed by atoms with E-state index in [0.29, 0.717) is 5.56 Å². The van der Waals surface area contributed by atoms with Gasteiger partial charge in [0.1, 0.15) is 30.7 Å². The molecule has 2 unspecified atom stereocenters. The van der Waals surface area contributed by atoms with Crippen LogP contribution in [0.15, 0.2) is 102 Å². The molecule has 7 rings (SSSR count). The maximum absolute atomic E-state index is 15.9. The fourth-order valence-electron chi connectivity index (χ4n) is 10.6. The molecule has 11 atom stereocenters. The summed E-state index contributed by atoms with van der Waals surface area (Å²) in [5, 5.41) is 28.5. The van der Waals surface area contributed by atoms with Crippen LogP contribution in [0.25, 0.3) is 0 Å². The Bertz CT molecular complexity index is 2340. The smallest absolute Gasteiger partial charge is 0.338 e. The number of aliphatic hydroxyl groups is 2. The summed E-state index contributed by atoms with van der Waals surface area (Å²) in [4.78, 5) is 84.6. The zero-order valence-electron chi connectivity index (χ0n) is 37.3. The van der Waals surface area contributed by atoms with Crippen molar-refractivity contribution in [1.29, 1.82) is 0 Å². The van der Waals surface area contributed by atoms with Gasteiger partial charge >= 0.3 is 23.9 Å². The Hall–Kier alpha value is -5.78. The van der Waals surface area contributed by atoms with E-state index in [2.05, 4.69) is 5.32 Å². The van der Waals surface area contributed by atoms with E-state index in [0.717, 1.165) is 6.92 Å². The van der Waals surface area contributed by atoms with Crippen LogP contribution in [0.5, 0.6) is 0 Å². The number of carbonyl (C=O) groups is 6. The summed E-state index contributed by atoms with van der Waals surface area (Å²) < 4.78 is 42.4. The number of hydrogen-bond acceptors (Lipinski definition) is 15. The number of ketones is 1. The minimum atomic E-state index is -2.37. The Balaban J connectivity index is 1.41. The highest BCUT2D eigenvalue weighted by Crippen LogP contribution is 2.65. The molecule has 346 valence electrons. The van der Waals surface area contributed by atoms with Crippen LogP contribution in [0.3, 0.4) is 0 Å². The molecule has 1 aliphatic heterocycles. The minimum Gasteiger partial charge on any atom is -0.456 e. The largest absolute Gasteiger partial charge is 0.456 e.